The first-order valence-corrected chi connectivity index (χ1v) is 9.68. The molecule has 1 N–H and O–H groups in total. The Balaban J connectivity index is 1.45. The first-order chi connectivity index (χ1) is 13.6. The van der Waals surface area contributed by atoms with Crippen molar-refractivity contribution >= 4 is 40.0 Å². The second-order valence-corrected chi connectivity index (χ2v) is 7.27. The Morgan fingerprint density at radius 1 is 1.18 bits per heavy atom. The smallest absolute Gasteiger partial charge is 0.262 e. The van der Waals surface area contributed by atoms with Crippen molar-refractivity contribution in [2.24, 2.45) is 0 Å². The lowest BCUT2D eigenvalue weighted by atomic mass is 10.1. The molecule has 144 valence electrons. The van der Waals surface area contributed by atoms with Crippen molar-refractivity contribution in [2.75, 3.05) is 29.9 Å². The Kier molecular flexibility index (Phi) is 5.30. The summed E-state index contributed by atoms with van der Waals surface area (Å²) in [5.74, 6) is 1.10. The average molecular weight is 397 g/mol. The fraction of sp³-hybridized carbons (Fsp3) is 0.286. The van der Waals surface area contributed by atoms with Crippen molar-refractivity contribution in [2.45, 2.75) is 19.8 Å². The van der Waals surface area contributed by atoms with Gasteiger partial charge in [-0.3, -0.25) is 4.79 Å². The van der Waals surface area contributed by atoms with Gasteiger partial charge >= 0.3 is 0 Å². The summed E-state index contributed by atoms with van der Waals surface area (Å²) < 4.78 is 5.48. The number of hydrogen-bond acceptors (Lipinski definition) is 5. The summed E-state index contributed by atoms with van der Waals surface area (Å²) in [4.78, 5) is 23.8. The zero-order valence-electron chi connectivity index (χ0n) is 15.6. The molecule has 3 aromatic rings. The Labute approximate surface area is 168 Å². The summed E-state index contributed by atoms with van der Waals surface area (Å²) in [5.41, 5.74) is 2.47. The van der Waals surface area contributed by atoms with E-state index in [0.29, 0.717) is 16.5 Å². The van der Waals surface area contributed by atoms with E-state index in [2.05, 4.69) is 20.2 Å². The van der Waals surface area contributed by atoms with Crippen molar-refractivity contribution in [1.29, 1.82) is 0 Å². The molecule has 2 aromatic carbocycles. The summed E-state index contributed by atoms with van der Waals surface area (Å²) >= 11 is 5.92. The molecule has 2 heterocycles. The summed E-state index contributed by atoms with van der Waals surface area (Å²) in [6.45, 7) is 3.89. The Hall–Kier alpha value is -2.86. The quantitative estimate of drug-likeness (QED) is 0.699. The summed E-state index contributed by atoms with van der Waals surface area (Å²) in [6, 6.07) is 12.6. The molecule has 0 aliphatic carbocycles. The molecule has 1 saturated heterocycles. The van der Waals surface area contributed by atoms with Gasteiger partial charge in [-0.2, -0.15) is 0 Å². The maximum absolute atomic E-state index is 12.2. The van der Waals surface area contributed by atoms with Gasteiger partial charge in [0.25, 0.3) is 5.91 Å². The number of aryl methyl sites for hydroxylation is 1. The third kappa shape index (κ3) is 4.17. The number of carbonyl (C=O) groups is 1. The van der Waals surface area contributed by atoms with Crippen LogP contribution in [0.3, 0.4) is 0 Å². The highest BCUT2D eigenvalue weighted by molar-refractivity contribution is 6.30. The topological polar surface area (TPSA) is 67.4 Å². The van der Waals surface area contributed by atoms with Gasteiger partial charge in [0.05, 0.1) is 11.2 Å². The number of halogens is 1. The number of ether oxygens (including phenoxy) is 1. The van der Waals surface area contributed by atoms with E-state index >= 15 is 0 Å². The molecule has 0 unspecified atom stereocenters. The molecule has 28 heavy (non-hydrogen) atoms. The van der Waals surface area contributed by atoms with Crippen LogP contribution in [0.25, 0.3) is 10.9 Å². The molecule has 1 amide bonds. The number of carbonyl (C=O) groups excluding carboxylic acids is 1. The molecule has 1 aliphatic rings. The van der Waals surface area contributed by atoms with Gasteiger partial charge in [0.2, 0.25) is 5.95 Å². The number of hydrogen-bond donors (Lipinski definition) is 1. The van der Waals surface area contributed by atoms with Crippen LogP contribution in [0.2, 0.25) is 5.02 Å². The monoisotopic (exact) mass is 396 g/mol. The average Bonchev–Trinajstić information content (AvgIpc) is 3.22. The highest BCUT2D eigenvalue weighted by atomic mass is 35.5. The summed E-state index contributed by atoms with van der Waals surface area (Å²) in [6.07, 6.45) is 2.37. The van der Waals surface area contributed by atoms with Crippen molar-refractivity contribution < 1.29 is 9.53 Å². The first-order valence-electron chi connectivity index (χ1n) is 9.30. The van der Waals surface area contributed by atoms with Crippen LogP contribution in [0.1, 0.15) is 18.5 Å². The fourth-order valence-corrected chi connectivity index (χ4v) is 3.49. The van der Waals surface area contributed by atoms with Gasteiger partial charge in [-0.05, 0) is 56.2 Å². The SMILES string of the molecule is Cc1nc(N2CCCC2)nc2ccc(NC(=O)COc3cccc(Cl)c3)cc12. The standard InChI is InChI=1S/C21H21ClN4O2/c1-14-18-12-16(24-20(27)13-28-17-6-4-5-15(22)11-17)7-8-19(18)25-21(23-14)26-9-2-3-10-26/h4-8,11-12H,2-3,9-10,13H2,1H3,(H,24,27). The second-order valence-electron chi connectivity index (χ2n) is 6.83. The summed E-state index contributed by atoms with van der Waals surface area (Å²) in [5, 5.41) is 4.35. The van der Waals surface area contributed by atoms with E-state index in [1.54, 1.807) is 24.3 Å². The number of aromatic nitrogens is 2. The predicted molar refractivity (Wildman–Crippen MR) is 111 cm³/mol. The first kappa shape index (κ1) is 18.5. The van der Waals surface area contributed by atoms with E-state index in [4.69, 9.17) is 16.3 Å². The van der Waals surface area contributed by atoms with E-state index < -0.39 is 0 Å². The maximum Gasteiger partial charge on any atom is 0.262 e. The Morgan fingerprint density at radius 3 is 2.79 bits per heavy atom. The number of anilines is 2. The van der Waals surface area contributed by atoms with Gasteiger partial charge in [0.15, 0.2) is 6.61 Å². The molecule has 4 rings (SSSR count). The third-order valence-electron chi connectivity index (χ3n) is 4.71. The molecule has 7 heteroatoms. The van der Waals surface area contributed by atoms with Crippen molar-refractivity contribution in [3.8, 4) is 5.75 Å². The lowest BCUT2D eigenvalue weighted by Crippen LogP contribution is -2.21. The maximum atomic E-state index is 12.2. The normalized spacial score (nSPS) is 13.7. The Morgan fingerprint density at radius 2 is 2.00 bits per heavy atom. The molecule has 0 atom stereocenters. The van der Waals surface area contributed by atoms with E-state index in [-0.39, 0.29) is 12.5 Å². The van der Waals surface area contributed by atoms with Crippen LogP contribution >= 0.6 is 11.6 Å². The molecule has 0 saturated carbocycles. The molecule has 0 spiro atoms. The molecule has 1 aliphatic heterocycles. The van der Waals surface area contributed by atoms with Gasteiger partial charge < -0.3 is 15.0 Å². The van der Waals surface area contributed by atoms with Crippen molar-refractivity contribution in [1.82, 2.24) is 9.97 Å². The number of fused-ring (bicyclic) bond motifs is 1. The minimum Gasteiger partial charge on any atom is -0.484 e. The molecular formula is C21H21ClN4O2. The van der Waals surface area contributed by atoms with Crippen molar-refractivity contribution in [3.05, 3.63) is 53.2 Å². The van der Waals surface area contributed by atoms with Gasteiger partial charge in [-0.15, -0.1) is 0 Å². The van der Waals surface area contributed by atoms with Gasteiger partial charge in [0, 0.05) is 29.2 Å². The predicted octanol–water partition coefficient (Wildman–Crippen LogP) is 4.21. The second kappa shape index (κ2) is 8.02. The van der Waals surface area contributed by atoms with Gasteiger partial charge in [-0.1, -0.05) is 17.7 Å². The lowest BCUT2D eigenvalue weighted by Gasteiger charge is -2.16. The number of nitrogens with one attached hydrogen (secondary N) is 1. The zero-order valence-corrected chi connectivity index (χ0v) is 16.4. The van der Waals surface area contributed by atoms with Crippen LogP contribution in [0.5, 0.6) is 5.75 Å². The number of amides is 1. The van der Waals surface area contributed by atoms with Gasteiger partial charge in [0.1, 0.15) is 5.75 Å². The Bertz CT molecular complexity index is 1020. The third-order valence-corrected chi connectivity index (χ3v) is 4.95. The minimum atomic E-state index is -0.244. The zero-order chi connectivity index (χ0) is 19.5. The summed E-state index contributed by atoms with van der Waals surface area (Å²) in [7, 11) is 0. The van der Waals surface area contributed by atoms with Crippen LogP contribution in [0.4, 0.5) is 11.6 Å². The van der Waals surface area contributed by atoms with E-state index in [1.165, 1.54) is 12.8 Å². The fourth-order valence-electron chi connectivity index (χ4n) is 3.31. The van der Waals surface area contributed by atoms with Crippen LogP contribution in [-0.4, -0.2) is 35.6 Å². The van der Waals surface area contributed by atoms with Crippen LogP contribution in [-0.2, 0) is 4.79 Å². The largest absolute Gasteiger partial charge is 0.484 e. The van der Waals surface area contributed by atoms with E-state index in [9.17, 15) is 4.79 Å². The molecule has 0 radical (unpaired) electrons. The molecule has 1 fully saturated rings. The van der Waals surface area contributed by atoms with Gasteiger partial charge in [-0.25, -0.2) is 9.97 Å². The highest BCUT2D eigenvalue weighted by Gasteiger charge is 2.16. The van der Waals surface area contributed by atoms with Crippen LogP contribution in [0.15, 0.2) is 42.5 Å². The van der Waals surface area contributed by atoms with Crippen LogP contribution in [0, 0.1) is 6.92 Å². The number of nitrogens with zero attached hydrogens (tertiary/aromatic N) is 3. The van der Waals surface area contributed by atoms with E-state index in [0.717, 1.165) is 35.6 Å². The molecule has 0 bridgehead atoms. The van der Waals surface area contributed by atoms with Crippen LogP contribution < -0.4 is 15.0 Å². The molecule has 6 nitrogen and oxygen atoms in total. The number of rotatable bonds is 5. The molecular weight excluding hydrogens is 376 g/mol. The van der Waals surface area contributed by atoms with Crippen molar-refractivity contribution in [3.63, 3.8) is 0 Å². The van der Waals surface area contributed by atoms with E-state index in [1.807, 2.05) is 25.1 Å². The number of benzene rings is 2. The highest BCUT2D eigenvalue weighted by Crippen LogP contribution is 2.24. The molecule has 1 aromatic heterocycles. The minimum absolute atomic E-state index is 0.0955. The lowest BCUT2D eigenvalue weighted by molar-refractivity contribution is -0.118.